The van der Waals surface area contributed by atoms with Gasteiger partial charge in [-0.3, -0.25) is 4.79 Å². The highest BCUT2D eigenvalue weighted by Gasteiger charge is 2.27. The number of hydrogen-bond donors (Lipinski definition) is 2. The number of sulfonamides is 1. The molecule has 0 fully saturated rings. The van der Waals surface area contributed by atoms with Crippen LogP contribution in [0.3, 0.4) is 0 Å². The molecule has 0 saturated carbocycles. The highest BCUT2D eigenvalue weighted by Crippen LogP contribution is 2.23. The number of hydrogen-bond acceptors (Lipinski definition) is 3. The molecule has 0 aliphatic carbocycles. The summed E-state index contributed by atoms with van der Waals surface area (Å²) in [6.07, 6.45) is 0.234. The van der Waals surface area contributed by atoms with Gasteiger partial charge in [0.05, 0.1) is 4.90 Å². The van der Waals surface area contributed by atoms with Crippen molar-refractivity contribution in [1.82, 2.24) is 4.72 Å². The van der Waals surface area contributed by atoms with Gasteiger partial charge in [-0.15, -0.1) is 0 Å². The maximum atomic E-state index is 12.3. The Morgan fingerprint density at radius 3 is 2.45 bits per heavy atom. The average molecular weight is 364 g/mol. The summed E-state index contributed by atoms with van der Waals surface area (Å²) >= 11 is 3.19. The van der Waals surface area contributed by atoms with Gasteiger partial charge in [0.15, 0.2) is 0 Å². The lowest BCUT2D eigenvalue weighted by molar-refractivity contribution is -0.139. The van der Waals surface area contributed by atoms with Gasteiger partial charge in [0.25, 0.3) is 0 Å². The van der Waals surface area contributed by atoms with Crippen LogP contribution in [-0.4, -0.2) is 25.5 Å². The van der Waals surface area contributed by atoms with Gasteiger partial charge in [0, 0.05) is 4.47 Å². The minimum absolute atomic E-state index is 0.0399. The molecule has 0 radical (unpaired) electrons. The molecule has 112 valence electrons. The van der Waals surface area contributed by atoms with Crippen LogP contribution in [0.5, 0.6) is 0 Å². The Bertz CT molecular complexity index is 598. The number of carboxylic acid groups (broad SMARTS) is 1. The van der Waals surface area contributed by atoms with Crippen LogP contribution >= 0.6 is 15.9 Å². The number of halogens is 1. The first kappa shape index (κ1) is 17.1. The molecule has 1 aromatic rings. The number of benzene rings is 1. The minimum Gasteiger partial charge on any atom is -0.480 e. The van der Waals surface area contributed by atoms with Crippen LogP contribution in [0.4, 0.5) is 0 Å². The summed E-state index contributed by atoms with van der Waals surface area (Å²) < 4.78 is 27.2. The molecule has 7 heteroatoms. The Labute approximate surface area is 127 Å². The fourth-order valence-electron chi connectivity index (χ4n) is 1.75. The van der Waals surface area contributed by atoms with Gasteiger partial charge in [0.1, 0.15) is 6.04 Å². The van der Waals surface area contributed by atoms with Gasteiger partial charge in [-0.1, -0.05) is 19.9 Å². The first-order valence-electron chi connectivity index (χ1n) is 6.14. The standard InChI is InChI=1S/C13H18BrNO4S/c1-8(2)6-11(13(16)17)15-20(18,19)12-5-4-9(3)7-10(12)14/h4-5,7-8,11,15H,6H2,1-3H3,(H,16,17)/t11-/m0/s1. The second-order valence-corrected chi connectivity index (χ2v) is 7.61. The summed E-state index contributed by atoms with van der Waals surface area (Å²) in [7, 11) is -3.88. The molecule has 2 N–H and O–H groups in total. The molecule has 0 aliphatic rings. The molecule has 5 nitrogen and oxygen atoms in total. The summed E-state index contributed by atoms with van der Waals surface area (Å²) in [4.78, 5) is 11.2. The van der Waals surface area contributed by atoms with Crippen molar-refractivity contribution < 1.29 is 18.3 Å². The van der Waals surface area contributed by atoms with Crippen LogP contribution in [0, 0.1) is 12.8 Å². The highest BCUT2D eigenvalue weighted by atomic mass is 79.9. The van der Waals surface area contributed by atoms with Crippen molar-refractivity contribution in [2.75, 3.05) is 0 Å². The SMILES string of the molecule is Cc1ccc(S(=O)(=O)N[C@@H](CC(C)C)C(=O)O)c(Br)c1. The molecular formula is C13H18BrNO4S. The Morgan fingerprint density at radius 1 is 1.40 bits per heavy atom. The second-order valence-electron chi connectivity index (χ2n) is 5.08. The molecule has 0 spiro atoms. The number of nitrogens with one attached hydrogen (secondary N) is 1. The van der Waals surface area contributed by atoms with Gasteiger partial charge in [-0.2, -0.15) is 4.72 Å². The Hall–Kier alpha value is -0.920. The predicted octanol–water partition coefficient (Wildman–Crippen LogP) is 2.54. The van der Waals surface area contributed by atoms with E-state index in [2.05, 4.69) is 20.7 Å². The Balaban J connectivity index is 3.06. The summed E-state index contributed by atoms with van der Waals surface area (Å²) in [6, 6.07) is 3.66. The first-order chi connectivity index (χ1) is 9.13. The van der Waals surface area contributed by atoms with E-state index in [0.717, 1.165) is 5.56 Å². The van der Waals surface area contributed by atoms with E-state index in [9.17, 15) is 13.2 Å². The van der Waals surface area contributed by atoms with E-state index in [1.165, 1.54) is 6.07 Å². The molecule has 1 rings (SSSR count). The van der Waals surface area contributed by atoms with Crippen LogP contribution < -0.4 is 4.72 Å². The Morgan fingerprint density at radius 2 is 2.00 bits per heavy atom. The van der Waals surface area contributed by atoms with Gasteiger partial charge in [0.2, 0.25) is 10.0 Å². The van der Waals surface area contributed by atoms with Crippen molar-refractivity contribution in [1.29, 1.82) is 0 Å². The maximum absolute atomic E-state index is 12.3. The van der Waals surface area contributed by atoms with Gasteiger partial charge >= 0.3 is 5.97 Å². The molecule has 1 aromatic carbocycles. The molecule has 0 saturated heterocycles. The third kappa shape index (κ3) is 4.57. The summed E-state index contributed by atoms with van der Waals surface area (Å²) in [5.74, 6) is -1.11. The topological polar surface area (TPSA) is 83.5 Å². The zero-order valence-corrected chi connectivity index (χ0v) is 14.0. The zero-order valence-electron chi connectivity index (χ0n) is 11.6. The molecule has 0 heterocycles. The molecule has 0 aromatic heterocycles. The van der Waals surface area contributed by atoms with E-state index in [0.29, 0.717) is 4.47 Å². The van der Waals surface area contributed by atoms with Crippen LogP contribution in [0.1, 0.15) is 25.8 Å². The van der Waals surface area contributed by atoms with Crippen LogP contribution in [-0.2, 0) is 14.8 Å². The predicted molar refractivity (Wildman–Crippen MR) is 80.1 cm³/mol. The Kier molecular flexibility index (Phi) is 5.73. The quantitative estimate of drug-likeness (QED) is 0.813. The van der Waals surface area contributed by atoms with Gasteiger partial charge in [-0.25, -0.2) is 8.42 Å². The van der Waals surface area contributed by atoms with E-state index in [1.807, 2.05) is 20.8 Å². The molecule has 0 bridgehead atoms. The summed E-state index contributed by atoms with van der Waals surface area (Å²) in [5.41, 5.74) is 0.910. The molecular weight excluding hydrogens is 346 g/mol. The fourth-order valence-corrected chi connectivity index (χ4v) is 4.14. The highest BCUT2D eigenvalue weighted by molar-refractivity contribution is 9.10. The van der Waals surface area contributed by atoms with E-state index in [4.69, 9.17) is 5.11 Å². The van der Waals surface area contributed by atoms with Crippen LogP contribution in [0.2, 0.25) is 0 Å². The largest absolute Gasteiger partial charge is 0.480 e. The zero-order chi connectivity index (χ0) is 15.5. The van der Waals surface area contributed by atoms with Crippen molar-refractivity contribution >= 4 is 31.9 Å². The van der Waals surface area contributed by atoms with Crippen molar-refractivity contribution in [3.63, 3.8) is 0 Å². The lowest BCUT2D eigenvalue weighted by Crippen LogP contribution is -2.41. The van der Waals surface area contributed by atoms with Crippen molar-refractivity contribution in [2.24, 2.45) is 5.92 Å². The van der Waals surface area contributed by atoms with Crippen LogP contribution in [0.15, 0.2) is 27.6 Å². The van der Waals surface area contributed by atoms with Crippen molar-refractivity contribution in [3.8, 4) is 0 Å². The molecule has 1 atom stereocenters. The minimum atomic E-state index is -3.88. The summed E-state index contributed by atoms with van der Waals surface area (Å²) in [6.45, 7) is 5.52. The number of rotatable bonds is 6. The van der Waals surface area contributed by atoms with E-state index in [-0.39, 0.29) is 17.2 Å². The molecule has 0 aliphatic heterocycles. The summed E-state index contributed by atoms with van der Waals surface area (Å²) in [5, 5.41) is 9.11. The first-order valence-corrected chi connectivity index (χ1v) is 8.42. The second kappa shape index (κ2) is 6.69. The van der Waals surface area contributed by atoms with Crippen LogP contribution in [0.25, 0.3) is 0 Å². The monoisotopic (exact) mass is 363 g/mol. The number of carboxylic acids is 1. The normalized spacial score (nSPS) is 13.4. The van der Waals surface area contributed by atoms with E-state index in [1.54, 1.807) is 12.1 Å². The molecule has 20 heavy (non-hydrogen) atoms. The van der Waals surface area contributed by atoms with Gasteiger partial charge < -0.3 is 5.11 Å². The van der Waals surface area contributed by atoms with E-state index >= 15 is 0 Å². The van der Waals surface area contributed by atoms with Gasteiger partial charge in [-0.05, 0) is 52.9 Å². The van der Waals surface area contributed by atoms with E-state index < -0.39 is 22.0 Å². The van der Waals surface area contributed by atoms with Crippen molar-refractivity contribution in [3.05, 3.63) is 28.2 Å². The third-order valence-electron chi connectivity index (χ3n) is 2.68. The molecule has 0 unspecified atom stereocenters. The number of aliphatic carboxylic acids is 1. The smallest absolute Gasteiger partial charge is 0.321 e. The third-order valence-corrected chi connectivity index (χ3v) is 5.13. The maximum Gasteiger partial charge on any atom is 0.321 e. The number of carbonyl (C=O) groups is 1. The lowest BCUT2D eigenvalue weighted by atomic mass is 10.1. The average Bonchev–Trinajstić information content (AvgIpc) is 2.26. The lowest BCUT2D eigenvalue weighted by Gasteiger charge is -2.17. The fraction of sp³-hybridized carbons (Fsp3) is 0.462. The number of aryl methyl sites for hydroxylation is 1. The molecule has 0 amide bonds. The van der Waals surface area contributed by atoms with Crippen molar-refractivity contribution in [2.45, 2.75) is 38.1 Å².